The number of halogens is 1. The Bertz CT molecular complexity index is 1150. The zero-order valence-electron chi connectivity index (χ0n) is 14.9. The highest BCUT2D eigenvalue weighted by Crippen LogP contribution is 2.33. The van der Waals surface area contributed by atoms with Crippen LogP contribution in [0.5, 0.6) is 0 Å². The smallest absolute Gasteiger partial charge is 0.185 e. The number of nitrogens with zero attached hydrogens (tertiary/aromatic N) is 1. The summed E-state index contributed by atoms with van der Waals surface area (Å²) in [7, 11) is 0. The molecule has 1 aromatic heterocycles. The Morgan fingerprint density at radius 1 is 0.741 bits per heavy atom. The van der Waals surface area contributed by atoms with Crippen LogP contribution in [0.25, 0.3) is 28.2 Å². The van der Waals surface area contributed by atoms with Crippen LogP contribution in [0.3, 0.4) is 0 Å². The van der Waals surface area contributed by atoms with Gasteiger partial charge in [0.25, 0.3) is 0 Å². The van der Waals surface area contributed by atoms with Crippen LogP contribution in [0.15, 0.2) is 95.8 Å². The molecule has 0 aliphatic heterocycles. The third-order valence-corrected chi connectivity index (χ3v) is 4.99. The number of pyridine rings is 1. The molecule has 0 bridgehead atoms. The number of para-hydroxylation sites is 1. The molecule has 132 valence electrons. The molecule has 0 N–H and O–H groups in total. The molecule has 0 spiro atoms. The van der Waals surface area contributed by atoms with E-state index < -0.39 is 0 Å². The number of rotatable bonds is 3. The molecule has 3 aromatic carbocycles. The topological polar surface area (TPSA) is 22.0 Å². The fraction of sp³-hybridized carbons (Fsp3) is 0.0417. The van der Waals surface area contributed by atoms with Crippen LogP contribution in [0, 0.1) is 6.92 Å². The lowest BCUT2D eigenvalue weighted by Gasteiger charge is -2.22. The van der Waals surface area contributed by atoms with Crippen LogP contribution < -0.4 is 5.43 Å². The largest absolute Gasteiger partial charge is 0.307 e. The van der Waals surface area contributed by atoms with Crippen LogP contribution in [-0.2, 0) is 0 Å². The van der Waals surface area contributed by atoms with E-state index in [1.807, 2.05) is 91.9 Å². The Kier molecular flexibility index (Phi) is 4.66. The summed E-state index contributed by atoms with van der Waals surface area (Å²) in [5.41, 5.74) is 5.17. The highest BCUT2D eigenvalue weighted by molar-refractivity contribution is 6.32. The lowest BCUT2D eigenvalue weighted by atomic mass is 10.0. The van der Waals surface area contributed by atoms with Crippen molar-refractivity contribution in [2.75, 3.05) is 0 Å². The Hall–Kier alpha value is -3.10. The third-order valence-electron chi connectivity index (χ3n) is 4.67. The van der Waals surface area contributed by atoms with E-state index in [-0.39, 0.29) is 5.43 Å². The number of hydrogen-bond acceptors (Lipinski definition) is 1. The van der Waals surface area contributed by atoms with Crippen LogP contribution in [0.2, 0.25) is 5.02 Å². The lowest BCUT2D eigenvalue weighted by molar-refractivity contribution is 1.04. The summed E-state index contributed by atoms with van der Waals surface area (Å²) in [5, 5.41) is 0.634. The number of hydrogen-bond donors (Lipinski definition) is 0. The fourth-order valence-corrected chi connectivity index (χ4v) is 3.57. The van der Waals surface area contributed by atoms with E-state index in [4.69, 9.17) is 11.6 Å². The zero-order valence-corrected chi connectivity index (χ0v) is 15.6. The second kappa shape index (κ2) is 7.26. The number of aromatic nitrogens is 1. The fourth-order valence-electron chi connectivity index (χ4n) is 3.35. The Morgan fingerprint density at radius 3 is 1.93 bits per heavy atom. The predicted octanol–water partition coefficient (Wildman–Crippen LogP) is 6.13. The molecule has 0 radical (unpaired) electrons. The lowest BCUT2D eigenvalue weighted by Crippen LogP contribution is -2.15. The molecule has 1 heterocycles. The molecule has 0 fully saturated rings. The molecular weight excluding hydrogens is 354 g/mol. The second-order valence-corrected chi connectivity index (χ2v) is 6.79. The van der Waals surface area contributed by atoms with Gasteiger partial charge in [0, 0.05) is 11.6 Å². The van der Waals surface area contributed by atoms with Crippen LogP contribution in [0.4, 0.5) is 0 Å². The normalized spacial score (nSPS) is 10.7. The van der Waals surface area contributed by atoms with Crippen LogP contribution in [0.1, 0.15) is 5.56 Å². The minimum Gasteiger partial charge on any atom is -0.307 e. The van der Waals surface area contributed by atoms with Crippen molar-refractivity contribution in [2.45, 2.75) is 6.92 Å². The standard InChI is InChI=1S/C24H18ClNO/c1-17-23(27)16-22(18-10-4-2-5-11-18)26(21-15-9-8-14-20(21)25)24(17)19-12-6-3-7-13-19/h2-16H,1H3. The quantitative estimate of drug-likeness (QED) is 0.424. The van der Waals surface area contributed by atoms with E-state index in [0.29, 0.717) is 10.6 Å². The maximum Gasteiger partial charge on any atom is 0.185 e. The summed E-state index contributed by atoms with van der Waals surface area (Å²) in [6, 6.07) is 29.3. The van der Waals surface area contributed by atoms with Crippen LogP contribution in [-0.4, -0.2) is 4.57 Å². The average molecular weight is 372 g/mol. The molecule has 0 saturated carbocycles. The first-order valence-electron chi connectivity index (χ1n) is 8.79. The van der Waals surface area contributed by atoms with Gasteiger partial charge in [-0.1, -0.05) is 84.4 Å². The van der Waals surface area contributed by atoms with Crippen molar-refractivity contribution in [3.05, 3.63) is 112 Å². The molecule has 2 nitrogen and oxygen atoms in total. The van der Waals surface area contributed by atoms with Gasteiger partial charge in [-0.05, 0) is 30.2 Å². The van der Waals surface area contributed by atoms with Gasteiger partial charge in [0.2, 0.25) is 0 Å². The maximum absolute atomic E-state index is 12.8. The highest BCUT2D eigenvalue weighted by atomic mass is 35.5. The molecule has 0 unspecified atom stereocenters. The average Bonchev–Trinajstić information content (AvgIpc) is 2.71. The van der Waals surface area contributed by atoms with Gasteiger partial charge in [-0.25, -0.2) is 0 Å². The Balaban J connectivity index is 2.17. The summed E-state index contributed by atoms with van der Waals surface area (Å²) in [5.74, 6) is 0. The van der Waals surface area contributed by atoms with Gasteiger partial charge >= 0.3 is 0 Å². The van der Waals surface area contributed by atoms with E-state index in [1.165, 1.54) is 0 Å². The zero-order chi connectivity index (χ0) is 18.8. The first kappa shape index (κ1) is 17.3. The minimum absolute atomic E-state index is 0.0102. The predicted molar refractivity (Wildman–Crippen MR) is 113 cm³/mol. The van der Waals surface area contributed by atoms with Gasteiger partial charge in [-0.2, -0.15) is 0 Å². The summed E-state index contributed by atoms with van der Waals surface area (Å²) >= 11 is 6.57. The second-order valence-electron chi connectivity index (χ2n) is 6.39. The van der Waals surface area contributed by atoms with E-state index in [2.05, 4.69) is 4.57 Å². The monoisotopic (exact) mass is 371 g/mol. The summed E-state index contributed by atoms with van der Waals surface area (Å²) in [6.45, 7) is 1.87. The van der Waals surface area contributed by atoms with Crippen molar-refractivity contribution < 1.29 is 0 Å². The molecule has 4 aromatic rings. The van der Waals surface area contributed by atoms with Gasteiger partial charge < -0.3 is 4.57 Å². The molecule has 0 aliphatic carbocycles. The van der Waals surface area contributed by atoms with Crippen molar-refractivity contribution in [3.63, 3.8) is 0 Å². The molecule has 27 heavy (non-hydrogen) atoms. The summed E-state index contributed by atoms with van der Waals surface area (Å²) in [4.78, 5) is 12.8. The van der Waals surface area contributed by atoms with Crippen molar-refractivity contribution in [3.8, 4) is 28.2 Å². The van der Waals surface area contributed by atoms with Gasteiger partial charge in [0.1, 0.15) is 0 Å². The molecule has 3 heteroatoms. The summed E-state index contributed by atoms with van der Waals surface area (Å²) < 4.78 is 2.09. The van der Waals surface area contributed by atoms with Gasteiger partial charge in [0.05, 0.1) is 22.1 Å². The maximum atomic E-state index is 12.8. The number of benzene rings is 3. The summed E-state index contributed by atoms with van der Waals surface area (Å²) in [6.07, 6.45) is 0. The highest BCUT2D eigenvalue weighted by Gasteiger charge is 2.18. The molecule has 0 aliphatic rings. The van der Waals surface area contributed by atoms with Crippen molar-refractivity contribution in [1.29, 1.82) is 0 Å². The molecule has 4 rings (SSSR count). The van der Waals surface area contributed by atoms with E-state index >= 15 is 0 Å². The van der Waals surface area contributed by atoms with Gasteiger partial charge in [-0.3, -0.25) is 4.79 Å². The van der Waals surface area contributed by atoms with E-state index in [9.17, 15) is 4.79 Å². The van der Waals surface area contributed by atoms with E-state index in [1.54, 1.807) is 6.07 Å². The van der Waals surface area contributed by atoms with Crippen LogP contribution >= 0.6 is 11.6 Å². The first-order valence-corrected chi connectivity index (χ1v) is 9.17. The Morgan fingerprint density at radius 2 is 1.30 bits per heavy atom. The van der Waals surface area contributed by atoms with Crippen molar-refractivity contribution in [2.24, 2.45) is 0 Å². The van der Waals surface area contributed by atoms with Crippen molar-refractivity contribution in [1.82, 2.24) is 4.57 Å². The SMILES string of the molecule is Cc1c(-c2ccccc2)n(-c2ccccc2Cl)c(-c2ccccc2)cc1=O. The van der Waals surface area contributed by atoms with Gasteiger partial charge in [-0.15, -0.1) is 0 Å². The minimum atomic E-state index is 0.0102. The van der Waals surface area contributed by atoms with E-state index in [0.717, 1.165) is 28.2 Å². The Labute approximate surface area is 163 Å². The third kappa shape index (κ3) is 3.20. The molecule has 0 atom stereocenters. The van der Waals surface area contributed by atoms with Crippen molar-refractivity contribution >= 4 is 11.6 Å². The molecule has 0 saturated heterocycles. The first-order chi connectivity index (χ1) is 13.2. The molecule has 0 amide bonds. The molecular formula is C24H18ClNO. The van der Waals surface area contributed by atoms with Gasteiger partial charge in [0.15, 0.2) is 5.43 Å².